The van der Waals surface area contributed by atoms with Gasteiger partial charge in [-0.2, -0.15) is 0 Å². The molecule has 0 aromatic rings. The Morgan fingerprint density at radius 2 is 0.778 bits per heavy atom. The van der Waals surface area contributed by atoms with Gasteiger partial charge in [0.05, 0.1) is 25.4 Å². The predicted molar refractivity (Wildman–Crippen MR) is 345 cm³/mol. The SMILES string of the molecule is CC/C=C\C/C=C\C/C=C\C/C=C\CCCCCCCCCCCCCCCCCCCCC(=O)NC(COC1OC(CO)C(O)C(O)C1O)C(O)/C=C/CC/C=C/CC/C=C/CCCCCCCCCCCCCCCCCCC. The standard InChI is InChI=1S/C72H129NO8/c1-3-5-7-9-11-13-15-17-19-21-23-25-27-29-31-32-33-34-36-38-40-42-44-46-48-50-52-54-56-58-60-62-68(76)73-65(64-80-72-71(79)70(78)69(77)67(63-74)81-72)66(75)61-59-57-55-53-51-49-47-45-43-41-39-37-35-30-28-26-24-22-20-18-16-14-12-10-8-6-4-2/h5,7,11,13,17,19,23,25,43,45,51,53,59,61,65-67,69-72,74-75,77-79H,3-4,6,8-10,12,14-16,18,20-22,24,26-42,44,46-50,52,54-58,60,62-64H2,1-2H3,(H,73,76)/b7-5-,13-11-,19-17-,25-23-,45-43+,53-51+,61-59+. The topological polar surface area (TPSA) is 149 Å². The largest absolute Gasteiger partial charge is 0.394 e. The second-order valence-corrected chi connectivity index (χ2v) is 23.6. The summed E-state index contributed by atoms with van der Waals surface area (Å²) < 4.78 is 11.3. The van der Waals surface area contributed by atoms with Crippen molar-refractivity contribution in [1.82, 2.24) is 5.32 Å². The molecule has 1 amide bonds. The van der Waals surface area contributed by atoms with Crippen LogP contribution in [0.4, 0.5) is 0 Å². The maximum absolute atomic E-state index is 13.1. The second kappa shape index (κ2) is 60.5. The fourth-order valence-corrected chi connectivity index (χ4v) is 10.6. The van der Waals surface area contributed by atoms with E-state index in [4.69, 9.17) is 9.47 Å². The van der Waals surface area contributed by atoms with Gasteiger partial charge in [0.2, 0.25) is 5.91 Å². The maximum atomic E-state index is 13.1. The third-order valence-corrected chi connectivity index (χ3v) is 15.9. The molecule has 1 aliphatic rings. The first-order valence-corrected chi connectivity index (χ1v) is 34.3. The van der Waals surface area contributed by atoms with E-state index in [1.165, 1.54) is 218 Å². The summed E-state index contributed by atoms with van der Waals surface area (Å²) in [5.41, 5.74) is 0. The number of carbonyl (C=O) groups is 1. The van der Waals surface area contributed by atoms with Gasteiger partial charge in [-0.25, -0.2) is 0 Å². The van der Waals surface area contributed by atoms with E-state index in [0.29, 0.717) is 6.42 Å². The number of allylic oxidation sites excluding steroid dienone is 13. The highest BCUT2D eigenvalue weighted by atomic mass is 16.7. The molecule has 6 N–H and O–H groups in total. The highest BCUT2D eigenvalue weighted by Crippen LogP contribution is 2.23. The summed E-state index contributed by atoms with van der Waals surface area (Å²) in [6.45, 7) is 3.68. The Bertz CT molecular complexity index is 1550. The number of hydrogen-bond donors (Lipinski definition) is 6. The Morgan fingerprint density at radius 3 is 1.19 bits per heavy atom. The molecule has 1 rings (SSSR count). The van der Waals surface area contributed by atoms with Crippen molar-refractivity contribution in [3.05, 3.63) is 85.1 Å². The van der Waals surface area contributed by atoms with Crippen LogP contribution in [0, 0.1) is 0 Å². The first kappa shape index (κ1) is 76.4. The Kier molecular flexibility index (Phi) is 57.0. The molecular weight excluding hydrogens is 1010 g/mol. The van der Waals surface area contributed by atoms with Gasteiger partial charge in [0.1, 0.15) is 24.4 Å². The molecule has 1 heterocycles. The average molecular weight is 1140 g/mol. The van der Waals surface area contributed by atoms with E-state index in [2.05, 4.69) is 92.1 Å². The van der Waals surface area contributed by atoms with E-state index in [-0.39, 0.29) is 12.5 Å². The van der Waals surface area contributed by atoms with Gasteiger partial charge in [-0.05, 0) is 83.5 Å². The number of aliphatic hydroxyl groups is 5. The Morgan fingerprint density at radius 1 is 0.432 bits per heavy atom. The van der Waals surface area contributed by atoms with Gasteiger partial charge >= 0.3 is 0 Å². The minimum Gasteiger partial charge on any atom is -0.394 e. The molecule has 81 heavy (non-hydrogen) atoms. The van der Waals surface area contributed by atoms with E-state index in [1.807, 2.05) is 6.08 Å². The third-order valence-electron chi connectivity index (χ3n) is 15.9. The Hall–Kier alpha value is -2.63. The van der Waals surface area contributed by atoms with Gasteiger partial charge < -0.3 is 40.3 Å². The van der Waals surface area contributed by atoms with Crippen molar-refractivity contribution in [1.29, 1.82) is 0 Å². The van der Waals surface area contributed by atoms with Crippen LogP contribution in [0.1, 0.15) is 309 Å². The van der Waals surface area contributed by atoms with Crippen LogP contribution in [0.15, 0.2) is 85.1 Å². The Balaban J connectivity index is 2.17. The van der Waals surface area contributed by atoms with Crippen LogP contribution in [-0.2, 0) is 14.3 Å². The molecule has 0 aromatic carbocycles. The van der Waals surface area contributed by atoms with E-state index < -0.39 is 49.5 Å². The van der Waals surface area contributed by atoms with Crippen molar-refractivity contribution in [2.24, 2.45) is 0 Å². The molecule has 9 nitrogen and oxygen atoms in total. The van der Waals surface area contributed by atoms with Crippen molar-refractivity contribution in [3.8, 4) is 0 Å². The number of ether oxygens (including phenoxy) is 2. The molecule has 470 valence electrons. The van der Waals surface area contributed by atoms with Crippen LogP contribution in [0.2, 0.25) is 0 Å². The fourth-order valence-electron chi connectivity index (χ4n) is 10.6. The minimum atomic E-state index is -1.58. The molecule has 0 saturated carbocycles. The van der Waals surface area contributed by atoms with Gasteiger partial charge in [0, 0.05) is 6.42 Å². The predicted octanol–water partition coefficient (Wildman–Crippen LogP) is 18.5. The lowest BCUT2D eigenvalue weighted by atomic mass is 9.99. The summed E-state index contributed by atoms with van der Waals surface area (Å²) in [5.74, 6) is -0.189. The van der Waals surface area contributed by atoms with Crippen LogP contribution in [-0.4, -0.2) is 87.5 Å². The fraction of sp³-hybridized carbons (Fsp3) is 0.792. The van der Waals surface area contributed by atoms with E-state index in [9.17, 15) is 30.3 Å². The van der Waals surface area contributed by atoms with Crippen molar-refractivity contribution < 1.29 is 39.8 Å². The van der Waals surface area contributed by atoms with E-state index in [1.54, 1.807) is 6.08 Å². The van der Waals surface area contributed by atoms with E-state index >= 15 is 0 Å². The van der Waals surface area contributed by atoms with Crippen LogP contribution < -0.4 is 5.32 Å². The minimum absolute atomic E-state index is 0.189. The molecule has 1 aliphatic heterocycles. The van der Waals surface area contributed by atoms with E-state index in [0.717, 1.165) is 70.6 Å². The zero-order valence-corrected chi connectivity index (χ0v) is 52.5. The lowest BCUT2D eigenvalue weighted by molar-refractivity contribution is -0.302. The molecule has 0 bridgehead atoms. The number of aliphatic hydroxyl groups excluding tert-OH is 5. The average Bonchev–Trinajstić information content (AvgIpc) is 3.47. The molecule has 7 unspecified atom stereocenters. The number of rotatable bonds is 59. The van der Waals surface area contributed by atoms with Crippen molar-refractivity contribution in [2.45, 2.75) is 352 Å². The summed E-state index contributed by atoms with van der Waals surface area (Å²) in [6.07, 6.45) is 79.7. The summed E-state index contributed by atoms with van der Waals surface area (Å²) in [6, 6.07) is -0.833. The Labute approximate surface area is 499 Å². The first-order chi connectivity index (χ1) is 39.8. The van der Waals surface area contributed by atoms with Crippen molar-refractivity contribution in [3.63, 3.8) is 0 Å². The summed E-state index contributed by atoms with van der Waals surface area (Å²) in [5, 5.41) is 54.7. The summed E-state index contributed by atoms with van der Waals surface area (Å²) in [7, 11) is 0. The molecule has 1 saturated heterocycles. The molecule has 1 fully saturated rings. The number of unbranched alkanes of at least 4 members (excludes halogenated alkanes) is 37. The smallest absolute Gasteiger partial charge is 0.220 e. The van der Waals surface area contributed by atoms with Crippen molar-refractivity contribution in [2.75, 3.05) is 13.2 Å². The highest BCUT2D eigenvalue weighted by Gasteiger charge is 2.44. The lowest BCUT2D eigenvalue weighted by Crippen LogP contribution is -2.60. The van der Waals surface area contributed by atoms with Crippen LogP contribution in [0.3, 0.4) is 0 Å². The molecule has 0 aliphatic carbocycles. The first-order valence-electron chi connectivity index (χ1n) is 34.3. The van der Waals surface area contributed by atoms with Gasteiger partial charge in [0.25, 0.3) is 0 Å². The van der Waals surface area contributed by atoms with Gasteiger partial charge in [-0.15, -0.1) is 0 Å². The van der Waals surface area contributed by atoms with Crippen molar-refractivity contribution >= 4 is 5.91 Å². The molecule has 7 atom stereocenters. The summed E-state index contributed by atoms with van der Waals surface area (Å²) in [4.78, 5) is 13.1. The molecule has 9 heteroatoms. The number of nitrogens with one attached hydrogen (secondary N) is 1. The number of hydrogen-bond acceptors (Lipinski definition) is 8. The molecular formula is C72H129NO8. The monoisotopic (exact) mass is 1140 g/mol. The van der Waals surface area contributed by atoms with Crippen LogP contribution in [0.25, 0.3) is 0 Å². The van der Waals surface area contributed by atoms with Gasteiger partial charge in [0.15, 0.2) is 6.29 Å². The maximum Gasteiger partial charge on any atom is 0.220 e. The van der Waals surface area contributed by atoms with Crippen LogP contribution in [0.5, 0.6) is 0 Å². The zero-order chi connectivity index (χ0) is 58.6. The number of amides is 1. The van der Waals surface area contributed by atoms with Gasteiger partial charge in [-0.1, -0.05) is 304 Å². The molecule has 0 radical (unpaired) electrons. The zero-order valence-electron chi connectivity index (χ0n) is 52.5. The van der Waals surface area contributed by atoms with Gasteiger partial charge in [-0.3, -0.25) is 4.79 Å². The second-order valence-electron chi connectivity index (χ2n) is 23.6. The number of carbonyl (C=O) groups excluding carboxylic acids is 1. The normalized spacial score (nSPS) is 18.9. The third kappa shape index (κ3) is 49.4. The highest BCUT2D eigenvalue weighted by molar-refractivity contribution is 5.76. The van der Waals surface area contributed by atoms with Crippen LogP contribution >= 0.6 is 0 Å². The molecule has 0 aromatic heterocycles. The quantitative estimate of drug-likeness (QED) is 0.0261. The summed E-state index contributed by atoms with van der Waals surface area (Å²) >= 11 is 0. The molecule has 0 spiro atoms. The lowest BCUT2D eigenvalue weighted by Gasteiger charge is -2.40.